The molecule has 4 aromatic carbocycles. The molecular weight excluding hydrogens is 1200 g/mol. The van der Waals surface area contributed by atoms with Crippen LogP contribution < -0.4 is 30.2 Å². The number of rotatable bonds is 21. The summed E-state index contributed by atoms with van der Waals surface area (Å²) in [6, 6.07) is 19.4. The number of fused-ring (bicyclic) bond motifs is 3. The Morgan fingerprint density at radius 2 is 0.632 bits per heavy atom. The number of amides is 6. The van der Waals surface area contributed by atoms with E-state index in [0.717, 1.165) is 32.9 Å². The zero-order valence-electron chi connectivity index (χ0n) is 47.5. The standard InChI is InChI=1S/C57H60N6O21S3/c1-55(2)43(52(70)82-25-31-16-10-7-11-17-31)61-46(67)40(49(61)85(55,73)74)58-37(64)28-79-34-22-35(80-29-38(65)59-41-47(68)62-44(56(3,4)86(75,76)50(41)62)53(71)83-26-32-18-12-8-13-19-32)24-36(23-34)81-30-39(66)60-42-48(69)63-45(57(5,6)87(77,78)51(42)63)54(72)84-27-33-20-14-9-15-21-33/h7-24,40-45,49-51H,25-30H2,1-6H3,(H,58,64)(H,59,65)(H,60,66)/t40-,41-,42-,43?,44?,45?,49-,50-,51-/m1/s1. The summed E-state index contributed by atoms with van der Waals surface area (Å²) in [6.45, 7) is 4.20. The Labute approximate surface area is 499 Å². The van der Waals surface area contributed by atoms with Crippen LogP contribution in [0.4, 0.5) is 0 Å². The molecular formula is C57H60N6O21S3. The third-order valence-electron chi connectivity index (χ3n) is 16.5. The van der Waals surface area contributed by atoms with E-state index in [2.05, 4.69) is 16.0 Å². The number of β-lactam (4-membered cyclic amide) rings is 3. The van der Waals surface area contributed by atoms with Gasteiger partial charge in [-0.3, -0.25) is 28.8 Å². The highest BCUT2D eigenvalue weighted by Gasteiger charge is 2.75. The van der Waals surface area contributed by atoms with Crippen LogP contribution in [-0.4, -0.2) is 180 Å². The molecule has 0 saturated carbocycles. The number of benzene rings is 4. The third kappa shape index (κ3) is 10.5. The quantitative estimate of drug-likeness (QED) is 0.0549. The van der Waals surface area contributed by atoms with Crippen molar-refractivity contribution in [3.63, 3.8) is 0 Å². The van der Waals surface area contributed by atoms with Gasteiger partial charge >= 0.3 is 17.9 Å². The van der Waals surface area contributed by atoms with E-state index in [1.54, 1.807) is 91.0 Å². The minimum absolute atomic E-state index is 0.206. The Morgan fingerprint density at radius 1 is 0.402 bits per heavy atom. The smallest absolute Gasteiger partial charge is 0.330 e. The Balaban J connectivity index is 0.809. The van der Waals surface area contributed by atoms with Crippen LogP contribution in [0.25, 0.3) is 0 Å². The maximum atomic E-state index is 13.9. The maximum absolute atomic E-state index is 13.9. The lowest BCUT2D eigenvalue weighted by molar-refractivity contribution is -0.165. The van der Waals surface area contributed by atoms with Crippen LogP contribution >= 0.6 is 0 Å². The first-order valence-electron chi connectivity index (χ1n) is 27.1. The second-order valence-electron chi connectivity index (χ2n) is 23.0. The fraction of sp³-hybridized carbons (Fsp3) is 0.421. The number of ether oxygens (including phenoxy) is 6. The minimum Gasteiger partial charge on any atom is -0.484 e. The molecule has 6 amide bonds. The highest BCUT2D eigenvalue weighted by Crippen LogP contribution is 2.49. The molecule has 462 valence electrons. The second kappa shape index (κ2) is 22.6. The van der Waals surface area contributed by atoms with Crippen molar-refractivity contribution in [2.45, 2.75) is 128 Å². The highest BCUT2D eigenvalue weighted by molar-refractivity contribution is 7.94. The van der Waals surface area contributed by atoms with Gasteiger partial charge in [0.25, 0.3) is 17.7 Å². The molecule has 6 aliphatic rings. The molecule has 0 bridgehead atoms. The van der Waals surface area contributed by atoms with Crippen LogP contribution in [0.2, 0.25) is 0 Å². The van der Waals surface area contributed by atoms with Gasteiger partial charge in [-0.05, 0) is 58.2 Å². The van der Waals surface area contributed by atoms with E-state index in [1.807, 2.05) is 0 Å². The molecule has 0 spiro atoms. The second-order valence-corrected chi connectivity index (χ2v) is 30.9. The molecule has 0 radical (unpaired) electrons. The van der Waals surface area contributed by atoms with E-state index in [-0.39, 0.29) is 37.1 Å². The average molecular weight is 1260 g/mol. The van der Waals surface area contributed by atoms with Crippen molar-refractivity contribution in [3.05, 3.63) is 126 Å². The van der Waals surface area contributed by atoms with E-state index in [0.29, 0.717) is 16.7 Å². The summed E-state index contributed by atoms with van der Waals surface area (Å²) in [6.07, 6.45) is 0. The fourth-order valence-electron chi connectivity index (χ4n) is 11.6. The predicted molar refractivity (Wildman–Crippen MR) is 300 cm³/mol. The molecule has 6 fully saturated rings. The molecule has 10 rings (SSSR count). The van der Waals surface area contributed by atoms with Crippen LogP contribution in [0.1, 0.15) is 58.2 Å². The Hall–Kier alpha value is -8.64. The van der Waals surface area contributed by atoms with Crippen LogP contribution in [0.15, 0.2) is 109 Å². The maximum Gasteiger partial charge on any atom is 0.330 e. The molecule has 4 aromatic rings. The van der Waals surface area contributed by atoms with Crippen LogP contribution in [-0.2, 0) is 107 Å². The van der Waals surface area contributed by atoms with Gasteiger partial charge in [-0.1, -0.05) is 91.0 Å². The van der Waals surface area contributed by atoms with E-state index in [1.165, 1.54) is 41.5 Å². The zero-order chi connectivity index (χ0) is 62.9. The molecule has 87 heavy (non-hydrogen) atoms. The highest BCUT2D eigenvalue weighted by atomic mass is 32.2. The molecule has 6 aliphatic heterocycles. The number of nitrogens with one attached hydrogen (secondary N) is 3. The average Bonchev–Trinajstić information content (AvgIpc) is 1.55. The topological polar surface area (TPSA) is 357 Å². The number of hydrogen-bond donors (Lipinski definition) is 3. The number of nitrogens with zero attached hydrogens (tertiary/aromatic N) is 3. The first-order chi connectivity index (χ1) is 40.9. The minimum atomic E-state index is -4.35. The van der Waals surface area contributed by atoms with Crippen molar-refractivity contribution in [1.29, 1.82) is 0 Å². The van der Waals surface area contributed by atoms with Crippen molar-refractivity contribution in [1.82, 2.24) is 30.7 Å². The van der Waals surface area contributed by atoms with Crippen molar-refractivity contribution in [3.8, 4) is 17.2 Å². The Kier molecular flexibility index (Phi) is 15.9. The Bertz CT molecular complexity index is 3440. The fourth-order valence-corrected chi connectivity index (χ4v) is 18.2. The number of hydrogen-bond acceptors (Lipinski definition) is 21. The van der Waals surface area contributed by atoms with Gasteiger partial charge in [-0.25, -0.2) is 39.6 Å². The van der Waals surface area contributed by atoms with Crippen molar-refractivity contribution < 1.29 is 96.8 Å². The van der Waals surface area contributed by atoms with E-state index in [4.69, 9.17) is 28.4 Å². The number of carbonyl (C=O) groups excluding carboxylic acids is 9. The summed E-state index contributed by atoms with van der Waals surface area (Å²) in [5, 5.41) is 2.04. The number of esters is 3. The SMILES string of the molecule is CC1(C)C(C(=O)OCc2ccccc2)N2C(=O)[C@@H](NC(=O)COc3cc(OCC(=O)N[C@@H]4C(=O)N5C(C(=O)OCc6ccccc6)C(C)(C)S(=O)(=O)[C@H]45)cc(OCC(=O)N[C@@H]4C(=O)N5C(C(=O)OCc6ccccc6)C(C)(C)S(=O)(=O)[C@H]45)c3)[C@H]2S1(=O)=O. The predicted octanol–water partition coefficient (Wildman–Crippen LogP) is -0.261. The van der Waals surface area contributed by atoms with Crippen molar-refractivity contribution in [2.75, 3.05) is 19.8 Å². The van der Waals surface area contributed by atoms with Crippen LogP contribution in [0.3, 0.4) is 0 Å². The summed E-state index contributed by atoms with van der Waals surface area (Å²) in [5.41, 5.74) is 1.82. The lowest BCUT2D eigenvalue weighted by atomic mass is 9.96. The molecule has 3 unspecified atom stereocenters. The first-order valence-corrected chi connectivity index (χ1v) is 31.8. The molecule has 0 aromatic heterocycles. The molecule has 6 saturated heterocycles. The third-order valence-corrected chi connectivity index (χ3v) is 24.9. The van der Waals surface area contributed by atoms with E-state index >= 15 is 0 Å². The van der Waals surface area contributed by atoms with Gasteiger partial charge < -0.3 is 59.1 Å². The van der Waals surface area contributed by atoms with Gasteiger partial charge in [0.1, 0.15) is 87.6 Å². The lowest BCUT2D eigenvalue weighted by Gasteiger charge is -2.43. The molecule has 27 nitrogen and oxygen atoms in total. The van der Waals surface area contributed by atoms with Gasteiger partial charge in [0.15, 0.2) is 65.5 Å². The molecule has 9 atom stereocenters. The lowest BCUT2D eigenvalue weighted by Crippen LogP contribution is -2.72. The van der Waals surface area contributed by atoms with Gasteiger partial charge in [0, 0.05) is 18.2 Å². The largest absolute Gasteiger partial charge is 0.484 e. The monoisotopic (exact) mass is 1260 g/mol. The van der Waals surface area contributed by atoms with Gasteiger partial charge in [0.05, 0.1) is 0 Å². The number of sulfone groups is 3. The van der Waals surface area contributed by atoms with Crippen LogP contribution in [0.5, 0.6) is 17.2 Å². The number of carbonyl (C=O) groups is 9. The van der Waals surface area contributed by atoms with Crippen LogP contribution in [0, 0.1) is 0 Å². The van der Waals surface area contributed by atoms with E-state index < -0.39 is 169 Å². The summed E-state index contributed by atoms with van der Waals surface area (Å²) in [5.74, 6) is -9.56. The molecule has 3 N–H and O–H groups in total. The van der Waals surface area contributed by atoms with Gasteiger partial charge in [-0.15, -0.1) is 0 Å². The summed E-state index contributed by atoms with van der Waals surface area (Å²) in [4.78, 5) is 124. The van der Waals surface area contributed by atoms with Gasteiger partial charge in [-0.2, -0.15) is 0 Å². The van der Waals surface area contributed by atoms with Crippen molar-refractivity contribution >= 4 is 82.9 Å². The molecule has 30 heteroatoms. The Morgan fingerprint density at radius 3 is 0.862 bits per heavy atom. The summed E-state index contributed by atoms with van der Waals surface area (Å²) in [7, 11) is -13.0. The normalized spacial score (nSPS) is 26.6. The summed E-state index contributed by atoms with van der Waals surface area (Å²) >= 11 is 0. The van der Waals surface area contributed by atoms with Crippen molar-refractivity contribution in [2.24, 2.45) is 0 Å². The summed E-state index contributed by atoms with van der Waals surface area (Å²) < 4.78 is 111. The molecule has 6 heterocycles. The first kappa shape index (κ1) is 61.4. The zero-order valence-corrected chi connectivity index (χ0v) is 49.9. The van der Waals surface area contributed by atoms with E-state index in [9.17, 15) is 68.4 Å². The van der Waals surface area contributed by atoms with Gasteiger partial charge in [0.2, 0.25) is 17.7 Å². The molecule has 0 aliphatic carbocycles.